The molecule has 1 fully saturated rings. The number of rotatable bonds is 5. The van der Waals surface area contributed by atoms with Crippen molar-refractivity contribution in [1.29, 1.82) is 0 Å². The predicted octanol–water partition coefficient (Wildman–Crippen LogP) is 1.77. The molecule has 1 saturated heterocycles. The largest absolute Gasteiger partial charge is 0.358 e. The van der Waals surface area contributed by atoms with Crippen LogP contribution in [0.1, 0.15) is 31.0 Å². The smallest absolute Gasteiger partial charge is 0.128 e. The van der Waals surface area contributed by atoms with Crippen LogP contribution in [0.2, 0.25) is 0 Å². The Morgan fingerprint density at radius 2 is 2.26 bits per heavy atom. The summed E-state index contributed by atoms with van der Waals surface area (Å²) in [7, 11) is 2.13. The van der Waals surface area contributed by atoms with Gasteiger partial charge in [-0.25, -0.2) is 4.98 Å². The van der Waals surface area contributed by atoms with Gasteiger partial charge in [0, 0.05) is 31.9 Å². The molecule has 1 aromatic rings. The van der Waals surface area contributed by atoms with Crippen molar-refractivity contribution in [3.8, 4) is 0 Å². The summed E-state index contributed by atoms with van der Waals surface area (Å²) in [5.41, 5.74) is 7.95. The maximum atomic E-state index is 5.74. The number of hydrogen-bond acceptors (Lipinski definition) is 4. The molecule has 106 valence electrons. The molecule has 4 nitrogen and oxygen atoms in total. The molecule has 0 spiro atoms. The van der Waals surface area contributed by atoms with Crippen LogP contribution >= 0.6 is 0 Å². The second-order valence-electron chi connectivity index (χ2n) is 5.48. The van der Waals surface area contributed by atoms with Gasteiger partial charge in [0.05, 0.1) is 0 Å². The van der Waals surface area contributed by atoms with Crippen molar-refractivity contribution in [3.05, 3.63) is 23.4 Å². The monoisotopic (exact) mass is 262 g/mol. The number of pyridine rings is 1. The summed E-state index contributed by atoms with van der Waals surface area (Å²) in [5, 5.41) is 0. The normalized spacial score (nSPS) is 19.9. The van der Waals surface area contributed by atoms with E-state index in [0.717, 1.165) is 30.2 Å². The van der Waals surface area contributed by atoms with Gasteiger partial charge in [-0.05, 0) is 50.6 Å². The first-order valence-corrected chi connectivity index (χ1v) is 7.27. The Hall–Kier alpha value is -1.13. The van der Waals surface area contributed by atoms with Crippen LogP contribution in [0.4, 0.5) is 5.82 Å². The van der Waals surface area contributed by atoms with E-state index in [1.54, 1.807) is 0 Å². The van der Waals surface area contributed by atoms with Gasteiger partial charge in [-0.1, -0.05) is 6.92 Å². The van der Waals surface area contributed by atoms with Crippen LogP contribution in [0.5, 0.6) is 0 Å². The van der Waals surface area contributed by atoms with E-state index < -0.39 is 0 Å². The van der Waals surface area contributed by atoms with Crippen molar-refractivity contribution in [1.82, 2.24) is 9.88 Å². The van der Waals surface area contributed by atoms with Gasteiger partial charge in [-0.15, -0.1) is 0 Å². The SMILES string of the molecule is CCN1CCCC1CN(C)c1cc(CN)cc(C)n1. The molecule has 0 aliphatic carbocycles. The van der Waals surface area contributed by atoms with E-state index in [0.29, 0.717) is 12.6 Å². The third-order valence-electron chi connectivity index (χ3n) is 4.02. The lowest BCUT2D eigenvalue weighted by Crippen LogP contribution is -2.39. The van der Waals surface area contributed by atoms with Crippen molar-refractivity contribution >= 4 is 5.82 Å². The van der Waals surface area contributed by atoms with E-state index in [9.17, 15) is 0 Å². The summed E-state index contributed by atoms with van der Waals surface area (Å²) in [5.74, 6) is 1.04. The quantitative estimate of drug-likeness (QED) is 0.878. The number of likely N-dealkylation sites (N-methyl/N-ethyl adjacent to an activating group) is 2. The Labute approximate surface area is 116 Å². The van der Waals surface area contributed by atoms with Gasteiger partial charge in [0.1, 0.15) is 5.82 Å². The third kappa shape index (κ3) is 3.45. The fourth-order valence-electron chi connectivity index (χ4n) is 2.96. The van der Waals surface area contributed by atoms with Crippen LogP contribution in [0.15, 0.2) is 12.1 Å². The molecule has 1 atom stereocenters. The van der Waals surface area contributed by atoms with Crippen molar-refractivity contribution in [3.63, 3.8) is 0 Å². The number of nitrogens with zero attached hydrogens (tertiary/aromatic N) is 3. The maximum absolute atomic E-state index is 5.74. The zero-order valence-electron chi connectivity index (χ0n) is 12.4. The molecule has 2 N–H and O–H groups in total. The van der Waals surface area contributed by atoms with E-state index in [2.05, 4.69) is 40.9 Å². The lowest BCUT2D eigenvalue weighted by atomic mass is 10.2. The number of aryl methyl sites for hydroxylation is 1. The van der Waals surface area contributed by atoms with Crippen LogP contribution in [0.3, 0.4) is 0 Å². The molecule has 19 heavy (non-hydrogen) atoms. The second kappa shape index (κ2) is 6.35. The zero-order valence-corrected chi connectivity index (χ0v) is 12.4. The molecule has 0 amide bonds. The third-order valence-corrected chi connectivity index (χ3v) is 4.02. The van der Waals surface area contributed by atoms with Crippen molar-refractivity contribution in [2.75, 3.05) is 31.6 Å². The van der Waals surface area contributed by atoms with Crippen LogP contribution in [-0.2, 0) is 6.54 Å². The molecular weight excluding hydrogens is 236 g/mol. The van der Waals surface area contributed by atoms with Crippen LogP contribution in [-0.4, -0.2) is 42.6 Å². The summed E-state index contributed by atoms with van der Waals surface area (Å²) in [6.07, 6.45) is 2.62. The Kier molecular flexibility index (Phi) is 4.77. The highest BCUT2D eigenvalue weighted by atomic mass is 15.2. The molecule has 1 aromatic heterocycles. The molecule has 2 heterocycles. The lowest BCUT2D eigenvalue weighted by molar-refractivity contribution is 0.270. The first-order chi connectivity index (χ1) is 9.13. The average Bonchev–Trinajstić information content (AvgIpc) is 2.85. The maximum Gasteiger partial charge on any atom is 0.128 e. The molecule has 2 rings (SSSR count). The zero-order chi connectivity index (χ0) is 13.8. The number of nitrogens with two attached hydrogens (primary N) is 1. The van der Waals surface area contributed by atoms with Crippen molar-refractivity contribution < 1.29 is 0 Å². The predicted molar refractivity (Wildman–Crippen MR) is 80.4 cm³/mol. The van der Waals surface area contributed by atoms with Gasteiger partial charge in [0.15, 0.2) is 0 Å². The Morgan fingerprint density at radius 1 is 1.47 bits per heavy atom. The number of anilines is 1. The fourth-order valence-corrected chi connectivity index (χ4v) is 2.96. The first kappa shape index (κ1) is 14.3. The summed E-state index contributed by atoms with van der Waals surface area (Å²) < 4.78 is 0. The van der Waals surface area contributed by atoms with E-state index >= 15 is 0 Å². The van der Waals surface area contributed by atoms with E-state index in [1.807, 2.05) is 6.92 Å². The minimum absolute atomic E-state index is 0.578. The molecule has 1 aliphatic rings. The molecule has 0 aromatic carbocycles. The Morgan fingerprint density at radius 3 is 2.95 bits per heavy atom. The van der Waals surface area contributed by atoms with Gasteiger partial charge in [0.25, 0.3) is 0 Å². The highest BCUT2D eigenvalue weighted by Gasteiger charge is 2.24. The van der Waals surface area contributed by atoms with E-state index in [1.165, 1.54) is 19.4 Å². The minimum atomic E-state index is 0.578. The van der Waals surface area contributed by atoms with Gasteiger partial charge in [-0.3, -0.25) is 4.90 Å². The molecule has 0 radical (unpaired) electrons. The lowest BCUT2D eigenvalue weighted by Gasteiger charge is -2.28. The summed E-state index contributed by atoms with van der Waals surface area (Å²) in [4.78, 5) is 9.46. The second-order valence-corrected chi connectivity index (χ2v) is 5.48. The van der Waals surface area contributed by atoms with E-state index in [-0.39, 0.29) is 0 Å². The van der Waals surface area contributed by atoms with Gasteiger partial charge < -0.3 is 10.6 Å². The number of likely N-dealkylation sites (tertiary alicyclic amines) is 1. The summed E-state index contributed by atoms with van der Waals surface area (Å²) in [6.45, 7) is 8.29. The minimum Gasteiger partial charge on any atom is -0.358 e. The fraction of sp³-hybridized carbons (Fsp3) is 0.667. The number of hydrogen-bond donors (Lipinski definition) is 1. The highest BCUT2D eigenvalue weighted by molar-refractivity contribution is 5.42. The molecular formula is C15H26N4. The summed E-state index contributed by atoms with van der Waals surface area (Å²) >= 11 is 0. The molecule has 0 saturated carbocycles. The Bertz CT molecular complexity index is 419. The Balaban J connectivity index is 2.06. The van der Waals surface area contributed by atoms with Crippen LogP contribution in [0, 0.1) is 6.92 Å². The van der Waals surface area contributed by atoms with Gasteiger partial charge in [0.2, 0.25) is 0 Å². The highest BCUT2D eigenvalue weighted by Crippen LogP contribution is 2.20. The van der Waals surface area contributed by atoms with Crippen LogP contribution < -0.4 is 10.6 Å². The number of aromatic nitrogens is 1. The van der Waals surface area contributed by atoms with E-state index in [4.69, 9.17) is 5.73 Å². The average molecular weight is 262 g/mol. The molecule has 4 heteroatoms. The van der Waals surface area contributed by atoms with Gasteiger partial charge in [-0.2, -0.15) is 0 Å². The summed E-state index contributed by atoms with van der Waals surface area (Å²) in [6, 6.07) is 4.84. The molecule has 1 unspecified atom stereocenters. The first-order valence-electron chi connectivity index (χ1n) is 7.27. The van der Waals surface area contributed by atoms with Crippen LogP contribution in [0.25, 0.3) is 0 Å². The van der Waals surface area contributed by atoms with Gasteiger partial charge >= 0.3 is 0 Å². The topological polar surface area (TPSA) is 45.4 Å². The van der Waals surface area contributed by atoms with Crippen molar-refractivity contribution in [2.24, 2.45) is 5.73 Å². The molecule has 1 aliphatic heterocycles. The molecule has 0 bridgehead atoms. The standard InChI is InChI=1S/C15H26N4/c1-4-19-7-5-6-14(19)11-18(3)15-9-13(10-16)8-12(2)17-15/h8-9,14H,4-7,10-11,16H2,1-3H3. The van der Waals surface area contributed by atoms with Crippen molar-refractivity contribution in [2.45, 2.75) is 39.3 Å².